The van der Waals surface area contributed by atoms with Crippen molar-refractivity contribution in [3.63, 3.8) is 0 Å². The number of ether oxygens (including phenoxy) is 1. The Morgan fingerprint density at radius 2 is 1.72 bits per heavy atom. The van der Waals surface area contributed by atoms with Crippen LogP contribution in [-0.4, -0.2) is 23.5 Å². The molecule has 4 nitrogen and oxygen atoms in total. The molecule has 2 rings (SSSR count). The fourth-order valence-corrected chi connectivity index (χ4v) is 1.44. The van der Waals surface area contributed by atoms with Gasteiger partial charge in [-0.25, -0.2) is 0 Å². The van der Waals surface area contributed by atoms with Crippen LogP contribution in [-0.2, 0) is 0 Å². The lowest BCUT2D eigenvalue weighted by molar-refractivity contribution is 0.403. The summed E-state index contributed by atoms with van der Waals surface area (Å²) in [4.78, 5) is 4.25. The summed E-state index contributed by atoms with van der Waals surface area (Å²) in [6.07, 6.45) is 1.61. The Bertz CT molecular complexity index is 562. The van der Waals surface area contributed by atoms with Crippen LogP contribution in [0.4, 0.5) is 5.69 Å². The van der Waals surface area contributed by atoms with Gasteiger partial charge in [0.05, 0.1) is 12.8 Å². The molecule has 0 unspecified atom stereocenters. The Balaban J connectivity index is 2.16. The Kier molecular flexibility index (Phi) is 3.48. The third kappa shape index (κ3) is 2.79. The molecule has 0 amide bonds. The summed E-state index contributed by atoms with van der Waals surface area (Å²) in [7, 11) is 1.61. The van der Waals surface area contributed by atoms with Crippen molar-refractivity contribution < 1.29 is 14.9 Å². The highest BCUT2D eigenvalue weighted by atomic mass is 16.5. The van der Waals surface area contributed by atoms with Gasteiger partial charge in [-0.3, -0.25) is 4.99 Å². The second-order valence-corrected chi connectivity index (χ2v) is 3.70. The number of aromatic hydroxyl groups is 2. The maximum absolute atomic E-state index is 9.34. The van der Waals surface area contributed by atoms with Gasteiger partial charge < -0.3 is 14.9 Å². The fraction of sp³-hybridized carbons (Fsp3) is 0.0714. The van der Waals surface area contributed by atoms with Crippen molar-refractivity contribution >= 4 is 11.9 Å². The van der Waals surface area contributed by atoms with Crippen molar-refractivity contribution in [2.45, 2.75) is 0 Å². The van der Waals surface area contributed by atoms with Gasteiger partial charge in [0.1, 0.15) is 5.75 Å². The number of benzene rings is 2. The van der Waals surface area contributed by atoms with E-state index in [9.17, 15) is 10.2 Å². The topological polar surface area (TPSA) is 62.0 Å². The third-order valence-corrected chi connectivity index (χ3v) is 2.43. The fourth-order valence-electron chi connectivity index (χ4n) is 1.44. The van der Waals surface area contributed by atoms with Gasteiger partial charge in [0.15, 0.2) is 11.5 Å². The van der Waals surface area contributed by atoms with E-state index >= 15 is 0 Å². The monoisotopic (exact) mass is 243 g/mol. The number of phenolic OH excluding ortho intramolecular Hbond substituents is 2. The number of rotatable bonds is 3. The van der Waals surface area contributed by atoms with Gasteiger partial charge in [0.2, 0.25) is 0 Å². The maximum atomic E-state index is 9.34. The minimum atomic E-state index is -0.159. The van der Waals surface area contributed by atoms with Crippen molar-refractivity contribution in [1.29, 1.82) is 0 Å². The molecule has 0 spiro atoms. The van der Waals surface area contributed by atoms with E-state index < -0.39 is 0 Å². The number of hydrogen-bond donors (Lipinski definition) is 2. The summed E-state index contributed by atoms with van der Waals surface area (Å²) in [5, 5.41) is 18.5. The van der Waals surface area contributed by atoms with Gasteiger partial charge in [-0.1, -0.05) is 0 Å². The van der Waals surface area contributed by atoms with E-state index in [1.807, 2.05) is 24.3 Å². The molecule has 0 bridgehead atoms. The number of aliphatic imine (C=N–C) groups is 1. The highest BCUT2D eigenvalue weighted by Crippen LogP contribution is 2.24. The largest absolute Gasteiger partial charge is 0.504 e. The lowest BCUT2D eigenvalue weighted by atomic mass is 10.2. The van der Waals surface area contributed by atoms with E-state index in [1.54, 1.807) is 19.4 Å². The average molecular weight is 243 g/mol. The number of hydrogen-bond acceptors (Lipinski definition) is 4. The van der Waals surface area contributed by atoms with Crippen LogP contribution in [0, 0.1) is 0 Å². The highest BCUT2D eigenvalue weighted by Gasteiger charge is 1.98. The van der Waals surface area contributed by atoms with Crippen LogP contribution in [0.25, 0.3) is 0 Å². The maximum Gasteiger partial charge on any atom is 0.158 e. The molecule has 92 valence electrons. The van der Waals surface area contributed by atoms with Gasteiger partial charge in [-0.05, 0) is 48.0 Å². The molecule has 2 aromatic carbocycles. The summed E-state index contributed by atoms with van der Waals surface area (Å²) in [6, 6.07) is 11.8. The SMILES string of the molecule is COc1ccc(/N=C/c2ccc(O)c(O)c2)cc1. The molecule has 0 aliphatic rings. The van der Waals surface area contributed by atoms with Gasteiger partial charge in [0.25, 0.3) is 0 Å². The molecule has 0 radical (unpaired) electrons. The van der Waals surface area contributed by atoms with Crippen LogP contribution in [0.5, 0.6) is 17.2 Å². The average Bonchev–Trinajstić information content (AvgIpc) is 2.41. The smallest absolute Gasteiger partial charge is 0.158 e. The van der Waals surface area contributed by atoms with Crippen LogP contribution in [0.3, 0.4) is 0 Å². The van der Waals surface area contributed by atoms with Gasteiger partial charge in [0, 0.05) is 6.21 Å². The van der Waals surface area contributed by atoms with E-state index in [2.05, 4.69) is 4.99 Å². The zero-order valence-electron chi connectivity index (χ0n) is 9.87. The summed E-state index contributed by atoms with van der Waals surface area (Å²) >= 11 is 0. The van der Waals surface area contributed by atoms with E-state index in [1.165, 1.54) is 12.1 Å². The van der Waals surface area contributed by atoms with Crippen molar-refractivity contribution in [1.82, 2.24) is 0 Å². The van der Waals surface area contributed by atoms with Crippen molar-refractivity contribution in [3.8, 4) is 17.2 Å². The van der Waals surface area contributed by atoms with Crippen LogP contribution >= 0.6 is 0 Å². The Hall–Kier alpha value is -2.49. The van der Waals surface area contributed by atoms with Gasteiger partial charge in [-0.2, -0.15) is 0 Å². The highest BCUT2D eigenvalue weighted by molar-refractivity contribution is 5.83. The molecule has 0 fully saturated rings. The second-order valence-electron chi connectivity index (χ2n) is 3.70. The molecule has 0 heterocycles. The number of methoxy groups -OCH3 is 1. The molecule has 0 atom stereocenters. The van der Waals surface area contributed by atoms with Crippen molar-refractivity contribution in [3.05, 3.63) is 48.0 Å². The molecule has 2 N–H and O–H groups in total. The summed E-state index contributed by atoms with van der Waals surface area (Å²) in [5.41, 5.74) is 1.49. The van der Waals surface area contributed by atoms with Crippen LogP contribution in [0.2, 0.25) is 0 Å². The number of nitrogens with zero attached hydrogens (tertiary/aromatic N) is 1. The molecule has 0 aromatic heterocycles. The normalized spacial score (nSPS) is 10.7. The Morgan fingerprint density at radius 3 is 2.33 bits per heavy atom. The first-order chi connectivity index (χ1) is 8.69. The third-order valence-electron chi connectivity index (χ3n) is 2.43. The lowest BCUT2D eigenvalue weighted by Crippen LogP contribution is -1.81. The van der Waals surface area contributed by atoms with Crippen LogP contribution in [0.15, 0.2) is 47.5 Å². The predicted molar refractivity (Wildman–Crippen MR) is 70.0 cm³/mol. The Morgan fingerprint density at radius 1 is 1.00 bits per heavy atom. The zero-order valence-corrected chi connectivity index (χ0v) is 9.87. The lowest BCUT2D eigenvalue weighted by Gasteiger charge is -2.00. The zero-order chi connectivity index (χ0) is 13.0. The van der Waals surface area contributed by atoms with E-state index in [0.29, 0.717) is 5.56 Å². The molecule has 0 saturated carbocycles. The van der Waals surface area contributed by atoms with E-state index in [4.69, 9.17) is 4.74 Å². The van der Waals surface area contributed by atoms with E-state index in [0.717, 1.165) is 11.4 Å². The molecule has 0 aliphatic heterocycles. The van der Waals surface area contributed by atoms with Gasteiger partial charge >= 0.3 is 0 Å². The molecule has 2 aromatic rings. The first-order valence-corrected chi connectivity index (χ1v) is 5.39. The molecule has 18 heavy (non-hydrogen) atoms. The minimum Gasteiger partial charge on any atom is -0.504 e. The minimum absolute atomic E-state index is 0.142. The van der Waals surface area contributed by atoms with Gasteiger partial charge in [-0.15, -0.1) is 0 Å². The predicted octanol–water partition coefficient (Wildman–Crippen LogP) is 2.86. The molecule has 4 heteroatoms. The molecular formula is C14H13NO3. The second kappa shape index (κ2) is 5.23. The molecule has 0 aliphatic carbocycles. The molecule has 0 saturated heterocycles. The first-order valence-electron chi connectivity index (χ1n) is 5.39. The van der Waals surface area contributed by atoms with Crippen LogP contribution in [0.1, 0.15) is 5.56 Å². The number of phenols is 2. The molecular weight excluding hydrogens is 230 g/mol. The summed E-state index contributed by atoms with van der Waals surface area (Å²) in [6.45, 7) is 0. The summed E-state index contributed by atoms with van der Waals surface area (Å²) in [5.74, 6) is 0.474. The quantitative estimate of drug-likeness (QED) is 0.643. The summed E-state index contributed by atoms with van der Waals surface area (Å²) < 4.78 is 5.05. The van der Waals surface area contributed by atoms with Crippen molar-refractivity contribution in [2.24, 2.45) is 4.99 Å². The van der Waals surface area contributed by atoms with E-state index in [-0.39, 0.29) is 11.5 Å². The first kappa shape index (κ1) is 12.0. The van der Waals surface area contributed by atoms with Crippen LogP contribution < -0.4 is 4.74 Å². The van der Waals surface area contributed by atoms with Crippen molar-refractivity contribution in [2.75, 3.05) is 7.11 Å². The standard InChI is InChI=1S/C14H13NO3/c1-18-12-5-3-11(4-6-12)15-9-10-2-7-13(16)14(17)8-10/h2-9,16-17H,1H3/b15-9+. The Labute approximate surface area is 105 Å².